The Kier molecular flexibility index (Phi) is 6.86. The number of carbonyl (C=O) groups excluding carboxylic acids is 1. The van der Waals surface area contributed by atoms with Crippen LogP contribution in [0, 0.1) is 13.8 Å². The number of hydrogen-bond acceptors (Lipinski definition) is 8. The number of nitrogens with one attached hydrogen (secondary N) is 1. The molecule has 0 atom stereocenters. The first-order valence-electron chi connectivity index (χ1n) is 9.36. The minimum atomic E-state index is -3.94. The Morgan fingerprint density at radius 1 is 1.17 bits per heavy atom. The number of aromatic nitrogens is 2. The van der Waals surface area contributed by atoms with Crippen LogP contribution in [0.15, 0.2) is 23.1 Å². The summed E-state index contributed by atoms with van der Waals surface area (Å²) in [5.41, 5.74) is 1.83. The third-order valence-corrected chi connectivity index (χ3v) is 7.76. The predicted molar refractivity (Wildman–Crippen MR) is 116 cm³/mol. The molecule has 2 heterocycles. The highest BCUT2D eigenvalue weighted by Gasteiger charge is 2.26. The number of sulfonamides is 1. The fourth-order valence-electron chi connectivity index (χ4n) is 2.89. The quantitative estimate of drug-likeness (QED) is 0.365. The first kappa shape index (κ1) is 21.7. The monoisotopic (exact) mass is 453 g/mol. The number of benzene rings is 1. The summed E-state index contributed by atoms with van der Waals surface area (Å²) >= 11 is 2.18. The minimum Gasteiger partial charge on any atom is -0.462 e. The van der Waals surface area contributed by atoms with Gasteiger partial charge in [0.05, 0.1) is 23.9 Å². The molecular formula is C19H23N3O4S3. The second-order valence-electron chi connectivity index (χ2n) is 6.68. The van der Waals surface area contributed by atoms with E-state index in [1.54, 1.807) is 19.1 Å². The highest BCUT2D eigenvalue weighted by atomic mass is 32.2. The van der Waals surface area contributed by atoms with E-state index in [4.69, 9.17) is 4.74 Å². The van der Waals surface area contributed by atoms with Crippen LogP contribution in [-0.4, -0.2) is 29.7 Å². The molecular weight excluding hydrogens is 430 g/mol. The van der Waals surface area contributed by atoms with Gasteiger partial charge in [0.2, 0.25) is 0 Å². The van der Waals surface area contributed by atoms with Crippen molar-refractivity contribution in [3.8, 4) is 0 Å². The van der Waals surface area contributed by atoms with E-state index in [-0.39, 0.29) is 15.5 Å². The van der Waals surface area contributed by atoms with Crippen molar-refractivity contribution in [2.24, 2.45) is 0 Å². The topological polar surface area (TPSA) is 98.2 Å². The number of carbonyl (C=O) groups is 1. The maximum absolute atomic E-state index is 13.0. The lowest BCUT2D eigenvalue weighted by atomic mass is 10.1. The summed E-state index contributed by atoms with van der Waals surface area (Å²) in [7, 11) is -3.94. The fourth-order valence-corrected chi connectivity index (χ4v) is 6.01. The van der Waals surface area contributed by atoms with Crippen LogP contribution in [0.1, 0.15) is 53.4 Å². The van der Waals surface area contributed by atoms with E-state index in [9.17, 15) is 13.2 Å². The van der Waals surface area contributed by atoms with Gasteiger partial charge in [-0.05, 0) is 38.0 Å². The minimum absolute atomic E-state index is 0.0336. The van der Waals surface area contributed by atoms with E-state index >= 15 is 0 Å². The predicted octanol–water partition coefficient (Wildman–Crippen LogP) is 4.91. The van der Waals surface area contributed by atoms with E-state index < -0.39 is 16.0 Å². The Labute approximate surface area is 178 Å². The molecule has 1 aromatic carbocycles. The Morgan fingerprint density at radius 2 is 1.97 bits per heavy atom. The second kappa shape index (κ2) is 9.19. The first-order valence-corrected chi connectivity index (χ1v) is 12.4. The number of aryl methyl sites for hydroxylation is 1. The number of fused-ring (bicyclic) bond motifs is 1. The van der Waals surface area contributed by atoms with Crippen molar-refractivity contribution < 1.29 is 17.9 Å². The first-order chi connectivity index (χ1) is 13.8. The number of nitrogens with zero attached hydrogens (tertiary/aromatic N) is 2. The van der Waals surface area contributed by atoms with Crippen LogP contribution < -0.4 is 4.72 Å². The molecule has 29 heavy (non-hydrogen) atoms. The Morgan fingerprint density at radius 3 is 2.72 bits per heavy atom. The van der Waals surface area contributed by atoms with E-state index in [2.05, 4.69) is 20.4 Å². The van der Waals surface area contributed by atoms with Crippen LogP contribution in [-0.2, 0) is 14.8 Å². The summed E-state index contributed by atoms with van der Waals surface area (Å²) in [6.45, 7) is 6.08. The van der Waals surface area contributed by atoms with Crippen molar-refractivity contribution in [2.45, 2.75) is 51.3 Å². The largest absolute Gasteiger partial charge is 0.462 e. The molecule has 0 bridgehead atoms. The van der Waals surface area contributed by atoms with Crippen LogP contribution in [0.4, 0.5) is 5.00 Å². The highest BCUT2D eigenvalue weighted by Crippen LogP contribution is 2.35. The molecule has 0 saturated carbocycles. The zero-order valence-electron chi connectivity index (χ0n) is 16.5. The number of hydrogen-bond donors (Lipinski definition) is 1. The normalized spacial score (nSPS) is 11.7. The molecule has 0 amide bonds. The Bertz CT molecular complexity index is 1120. The van der Waals surface area contributed by atoms with E-state index in [0.717, 1.165) is 47.9 Å². The van der Waals surface area contributed by atoms with Gasteiger partial charge in [0.1, 0.15) is 20.9 Å². The van der Waals surface area contributed by atoms with Gasteiger partial charge in [-0.3, -0.25) is 4.72 Å². The molecule has 0 spiro atoms. The fraction of sp³-hybridized carbons (Fsp3) is 0.421. The molecule has 3 rings (SSSR count). The maximum Gasteiger partial charge on any atom is 0.341 e. The maximum atomic E-state index is 13.0. The summed E-state index contributed by atoms with van der Waals surface area (Å²) in [5, 5.41) is 0.263. The van der Waals surface area contributed by atoms with Crippen molar-refractivity contribution in [3.05, 3.63) is 34.2 Å². The van der Waals surface area contributed by atoms with E-state index in [0.29, 0.717) is 17.6 Å². The average Bonchev–Trinajstić information content (AvgIpc) is 3.25. The third kappa shape index (κ3) is 4.76. The second-order valence-corrected chi connectivity index (χ2v) is 10.1. The molecule has 156 valence electrons. The molecule has 0 saturated heterocycles. The Balaban J connectivity index is 1.85. The zero-order chi connectivity index (χ0) is 21.0. The number of unbranched alkanes of at least 4 members (excludes halogenated alkanes) is 3. The number of rotatable bonds is 9. The Hall–Kier alpha value is -2.04. The van der Waals surface area contributed by atoms with Crippen molar-refractivity contribution in [1.29, 1.82) is 0 Å². The van der Waals surface area contributed by atoms with Gasteiger partial charge in [0.15, 0.2) is 0 Å². The highest BCUT2D eigenvalue weighted by molar-refractivity contribution is 7.93. The third-order valence-electron chi connectivity index (χ3n) is 4.59. The summed E-state index contributed by atoms with van der Waals surface area (Å²) in [6, 6.07) is 4.80. The molecule has 3 aromatic rings. The molecule has 0 aliphatic rings. The lowest BCUT2D eigenvalue weighted by molar-refractivity contribution is 0.0498. The van der Waals surface area contributed by atoms with E-state index in [1.807, 2.05) is 6.92 Å². The van der Waals surface area contributed by atoms with Gasteiger partial charge in [-0.25, -0.2) is 13.2 Å². The van der Waals surface area contributed by atoms with Crippen molar-refractivity contribution in [3.63, 3.8) is 0 Å². The van der Waals surface area contributed by atoms with Gasteiger partial charge in [-0.15, -0.1) is 11.3 Å². The molecule has 0 aliphatic heterocycles. The van der Waals surface area contributed by atoms with Crippen LogP contribution >= 0.6 is 23.1 Å². The van der Waals surface area contributed by atoms with Crippen LogP contribution in [0.3, 0.4) is 0 Å². The lowest BCUT2D eigenvalue weighted by Gasteiger charge is -2.10. The standard InChI is InChI=1S/C19H23N3O4S3/c1-4-5-6-7-11-26-19(23)16-12(2)13(3)27-18(16)22-29(24,25)15-10-8-9-14-17(15)21-28-20-14/h8-10,22H,4-7,11H2,1-3H3. The van der Waals surface area contributed by atoms with Gasteiger partial charge in [-0.2, -0.15) is 8.75 Å². The number of thiophene rings is 1. The SMILES string of the molecule is CCCCCCOC(=O)c1c(NS(=O)(=O)c2cccc3nsnc23)sc(C)c1C. The smallest absolute Gasteiger partial charge is 0.341 e. The van der Waals surface area contributed by atoms with Crippen LogP contribution in [0.2, 0.25) is 0 Å². The van der Waals surface area contributed by atoms with E-state index in [1.165, 1.54) is 17.4 Å². The summed E-state index contributed by atoms with van der Waals surface area (Å²) in [6.07, 6.45) is 3.98. The summed E-state index contributed by atoms with van der Waals surface area (Å²) in [5.74, 6) is -0.505. The van der Waals surface area contributed by atoms with Gasteiger partial charge in [0, 0.05) is 4.88 Å². The summed E-state index contributed by atoms with van der Waals surface area (Å²) in [4.78, 5) is 13.5. The van der Waals surface area contributed by atoms with Gasteiger partial charge < -0.3 is 4.74 Å². The van der Waals surface area contributed by atoms with Gasteiger partial charge in [0.25, 0.3) is 10.0 Å². The van der Waals surface area contributed by atoms with Crippen LogP contribution in [0.5, 0.6) is 0 Å². The van der Waals surface area contributed by atoms with Crippen LogP contribution in [0.25, 0.3) is 11.0 Å². The van der Waals surface area contributed by atoms with Gasteiger partial charge in [-0.1, -0.05) is 32.3 Å². The molecule has 10 heteroatoms. The van der Waals surface area contributed by atoms with Crippen molar-refractivity contribution >= 4 is 55.1 Å². The molecule has 0 fully saturated rings. The molecule has 7 nitrogen and oxygen atoms in total. The number of anilines is 1. The summed E-state index contributed by atoms with van der Waals surface area (Å²) < 4.78 is 42.2. The lowest BCUT2D eigenvalue weighted by Crippen LogP contribution is -2.16. The average molecular weight is 454 g/mol. The molecule has 0 aliphatic carbocycles. The molecule has 0 radical (unpaired) electrons. The van der Waals surface area contributed by atoms with Crippen molar-refractivity contribution in [1.82, 2.24) is 8.75 Å². The number of esters is 1. The number of ether oxygens (including phenoxy) is 1. The zero-order valence-corrected chi connectivity index (χ0v) is 19.0. The molecule has 0 unspecified atom stereocenters. The molecule has 2 aromatic heterocycles. The van der Waals surface area contributed by atoms with Gasteiger partial charge >= 0.3 is 5.97 Å². The van der Waals surface area contributed by atoms with Crippen molar-refractivity contribution in [2.75, 3.05) is 11.3 Å². The molecule has 1 N–H and O–H groups in total.